The SMILES string of the molecule is CCOc1ccc(NNn2c(C)c3cnnc(C)c3c2C)cc1. The number of benzene rings is 1. The molecular formula is C17H21N5O. The lowest BCUT2D eigenvalue weighted by Gasteiger charge is -2.15. The standard InChI is InChI=1S/C17H21N5O/c1-5-23-15-8-6-14(7-9-15)20-21-22-12(3)16-10-18-19-11(2)17(16)13(22)4/h6-10,20-21H,5H2,1-4H3. The summed E-state index contributed by atoms with van der Waals surface area (Å²) >= 11 is 0. The van der Waals surface area contributed by atoms with Crippen molar-refractivity contribution in [2.45, 2.75) is 27.7 Å². The van der Waals surface area contributed by atoms with Crippen molar-refractivity contribution in [1.82, 2.24) is 14.9 Å². The van der Waals surface area contributed by atoms with Gasteiger partial charge in [-0.2, -0.15) is 10.2 Å². The molecule has 23 heavy (non-hydrogen) atoms. The van der Waals surface area contributed by atoms with E-state index in [0.717, 1.165) is 39.3 Å². The zero-order chi connectivity index (χ0) is 16.4. The summed E-state index contributed by atoms with van der Waals surface area (Å²) in [6.07, 6.45) is 1.81. The van der Waals surface area contributed by atoms with Gasteiger partial charge in [-0.25, -0.2) is 10.2 Å². The number of hydrogen-bond donors (Lipinski definition) is 2. The third-order valence-corrected chi connectivity index (χ3v) is 3.93. The topological polar surface area (TPSA) is 64.0 Å². The summed E-state index contributed by atoms with van der Waals surface area (Å²) in [6.45, 7) is 8.74. The highest BCUT2D eigenvalue weighted by molar-refractivity contribution is 5.89. The molecule has 6 nitrogen and oxygen atoms in total. The van der Waals surface area contributed by atoms with Gasteiger partial charge in [-0.1, -0.05) is 0 Å². The predicted molar refractivity (Wildman–Crippen MR) is 92.3 cm³/mol. The summed E-state index contributed by atoms with van der Waals surface area (Å²) in [5.74, 6) is 0.866. The number of hydrogen-bond acceptors (Lipinski definition) is 5. The Morgan fingerprint density at radius 1 is 1.09 bits per heavy atom. The molecular weight excluding hydrogens is 290 g/mol. The van der Waals surface area contributed by atoms with Gasteiger partial charge in [0.05, 0.1) is 24.2 Å². The highest BCUT2D eigenvalue weighted by Crippen LogP contribution is 2.25. The van der Waals surface area contributed by atoms with Gasteiger partial charge >= 0.3 is 0 Å². The molecule has 3 rings (SSSR count). The molecule has 2 N–H and O–H groups in total. The van der Waals surface area contributed by atoms with Crippen molar-refractivity contribution in [3.8, 4) is 5.75 Å². The fourth-order valence-electron chi connectivity index (χ4n) is 2.79. The van der Waals surface area contributed by atoms with E-state index in [-0.39, 0.29) is 0 Å². The Kier molecular flexibility index (Phi) is 4.06. The molecule has 6 heteroatoms. The van der Waals surface area contributed by atoms with Crippen LogP contribution in [0.25, 0.3) is 10.8 Å². The first-order valence-electron chi connectivity index (χ1n) is 7.66. The minimum absolute atomic E-state index is 0.667. The molecule has 0 unspecified atom stereocenters. The Hall–Kier alpha value is -2.76. The minimum atomic E-state index is 0.667. The molecule has 0 bridgehead atoms. The zero-order valence-corrected chi connectivity index (χ0v) is 13.8. The monoisotopic (exact) mass is 311 g/mol. The third-order valence-electron chi connectivity index (χ3n) is 3.93. The number of rotatable bonds is 5. The second kappa shape index (κ2) is 6.16. The molecule has 0 radical (unpaired) electrons. The number of aromatic nitrogens is 3. The lowest BCUT2D eigenvalue weighted by Crippen LogP contribution is -2.23. The van der Waals surface area contributed by atoms with Gasteiger partial charge in [0.25, 0.3) is 0 Å². The number of nitrogens with one attached hydrogen (secondary N) is 2. The van der Waals surface area contributed by atoms with Crippen LogP contribution in [0.4, 0.5) is 5.69 Å². The van der Waals surface area contributed by atoms with E-state index < -0.39 is 0 Å². The summed E-state index contributed by atoms with van der Waals surface area (Å²) in [7, 11) is 0. The van der Waals surface area contributed by atoms with E-state index in [1.54, 1.807) is 6.20 Å². The summed E-state index contributed by atoms with van der Waals surface area (Å²) in [6, 6.07) is 7.83. The van der Waals surface area contributed by atoms with Crippen LogP contribution in [0, 0.1) is 20.8 Å². The molecule has 3 aromatic rings. The van der Waals surface area contributed by atoms with Gasteiger partial charge in [0, 0.05) is 22.2 Å². The number of fused-ring (bicyclic) bond motifs is 1. The van der Waals surface area contributed by atoms with Gasteiger partial charge in [0.2, 0.25) is 0 Å². The number of aryl methyl sites for hydroxylation is 3. The van der Waals surface area contributed by atoms with Gasteiger partial charge in [-0.3, -0.25) is 5.43 Å². The minimum Gasteiger partial charge on any atom is -0.494 e. The second-order valence-corrected chi connectivity index (χ2v) is 5.42. The normalized spacial score (nSPS) is 10.8. The van der Waals surface area contributed by atoms with Gasteiger partial charge in [-0.15, -0.1) is 0 Å². The van der Waals surface area contributed by atoms with Gasteiger partial charge in [-0.05, 0) is 52.0 Å². The average Bonchev–Trinajstić information content (AvgIpc) is 2.80. The molecule has 2 heterocycles. The van der Waals surface area contributed by atoms with Gasteiger partial charge < -0.3 is 4.74 Å². The third kappa shape index (κ3) is 2.79. The van der Waals surface area contributed by atoms with Crippen LogP contribution >= 0.6 is 0 Å². The van der Waals surface area contributed by atoms with E-state index in [1.807, 2.05) is 42.8 Å². The lowest BCUT2D eigenvalue weighted by atomic mass is 10.2. The van der Waals surface area contributed by atoms with Crippen LogP contribution in [0.2, 0.25) is 0 Å². The summed E-state index contributed by atoms with van der Waals surface area (Å²) in [4.78, 5) is 0. The van der Waals surface area contributed by atoms with Crippen LogP contribution in [0.1, 0.15) is 24.0 Å². The Labute approximate surface area is 135 Å². The van der Waals surface area contributed by atoms with Crippen molar-refractivity contribution in [1.29, 1.82) is 0 Å². The molecule has 2 aromatic heterocycles. The van der Waals surface area contributed by atoms with E-state index in [1.165, 1.54) is 0 Å². The van der Waals surface area contributed by atoms with Crippen molar-refractivity contribution in [2.24, 2.45) is 0 Å². The first-order valence-corrected chi connectivity index (χ1v) is 7.66. The van der Waals surface area contributed by atoms with Crippen molar-refractivity contribution in [2.75, 3.05) is 17.6 Å². The van der Waals surface area contributed by atoms with E-state index in [4.69, 9.17) is 4.74 Å². The quantitative estimate of drug-likeness (QED) is 0.708. The molecule has 120 valence electrons. The van der Waals surface area contributed by atoms with Crippen LogP contribution < -0.4 is 15.7 Å². The summed E-state index contributed by atoms with van der Waals surface area (Å²) < 4.78 is 7.46. The van der Waals surface area contributed by atoms with E-state index in [9.17, 15) is 0 Å². The molecule has 0 atom stereocenters. The first-order chi connectivity index (χ1) is 11.1. The van der Waals surface area contributed by atoms with E-state index in [0.29, 0.717) is 6.61 Å². The fourth-order valence-corrected chi connectivity index (χ4v) is 2.79. The lowest BCUT2D eigenvalue weighted by molar-refractivity contribution is 0.340. The number of anilines is 1. The van der Waals surface area contributed by atoms with E-state index >= 15 is 0 Å². The number of ether oxygens (including phenoxy) is 1. The zero-order valence-electron chi connectivity index (χ0n) is 13.8. The Morgan fingerprint density at radius 2 is 1.83 bits per heavy atom. The highest BCUT2D eigenvalue weighted by atomic mass is 16.5. The number of hydrazine groups is 1. The van der Waals surface area contributed by atoms with Crippen molar-refractivity contribution in [3.63, 3.8) is 0 Å². The van der Waals surface area contributed by atoms with Crippen LogP contribution in [-0.4, -0.2) is 21.5 Å². The average molecular weight is 311 g/mol. The Bertz CT molecular complexity index is 823. The van der Waals surface area contributed by atoms with Crippen molar-refractivity contribution in [3.05, 3.63) is 47.5 Å². The maximum absolute atomic E-state index is 5.45. The second-order valence-electron chi connectivity index (χ2n) is 5.42. The smallest absolute Gasteiger partial charge is 0.119 e. The van der Waals surface area contributed by atoms with Crippen molar-refractivity contribution < 1.29 is 4.74 Å². The van der Waals surface area contributed by atoms with Gasteiger partial charge in [0.15, 0.2) is 0 Å². The summed E-state index contributed by atoms with van der Waals surface area (Å²) in [5, 5.41) is 10.4. The van der Waals surface area contributed by atoms with Crippen LogP contribution in [0.15, 0.2) is 30.5 Å². The summed E-state index contributed by atoms with van der Waals surface area (Å²) in [5.41, 5.74) is 10.5. The molecule has 0 saturated heterocycles. The highest BCUT2D eigenvalue weighted by Gasteiger charge is 2.13. The van der Waals surface area contributed by atoms with E-state index in [2.05, 4.69) is 35.0 Å². The Morgan fingerprint density at radius 3 is 2.48 bits per heavy atom. The molecule has 0 saturated carbocycles. The maximum atomic E-state index is 5.45. The maximum Gasteiger partial charge on any atom is 0.119 e. The molecule has 0 aliphatic heterocycles. The molecule has 0 fully saturated rings. The molecule has 0 spiro atoms. The molecule has 0 amide bonds. The first kappa shape index (κ1) is 15.1. The van der Waals surface area contributed by atoms with Crippen molar-refractivity contribution >= 4 is 16.5 Å². The van der Waals surface area contributed by atoms with Crippen LogP contribution in [0.5, 0.6) is 5.75 Å². The number of nitrogens with zero attached hydrogens (tertiary/aromatic N) is 3. The molecule has 0 aliphatic carbocycles. The molecule has 1 aromatic carbocycles. The van der Waals surface area contributed by atoms with Crippen LogP contribution in [0.3, 0.4) is 0 Å². The van der Waals surface area contributed by atoms with Gasteiger partial charge in [0.1, 0.15) is 5.75 Å². The fraction of sp³-hybridized carbons (Fsp3) is 0.294. The molecule has 0 aliphatic rings. The largest absolute Gasteiger partial charge is 0.494 e. The predicted octanol–water partition coefficient (Wildman–Crippen LogP) is 3.33. The van der Waals surface area contributed by atoms with Crippen LogP contribution in [-0.2, 0) is 0 Å². The Balaban J connectivity index is 1.83.